The molecule has 328 valence electrons. The van der Waals surface area contributed by atoms with Crippen molar-refractivity contribution in [3.8, 4) is 11.1 Å². The number of aromatic nitrogens is 1. The number of aryl methyl sites for hydroxylation is 2. The van der Waals surface area contributed by atoms with E-state index in [1.165, 1.54) is 11.3 Å². The van der Waals surface area contributed by atoms with Gasteiger partial charge in [0.25, 0.3) is 11.5 Å². The molecule has 8 rings (SSSR count). The molecule has 0 saturated carbocycles. The van der Waals surface area contributed by atoms with Gasteiger partial charge in [0.2, 0.25) is 11.8 Å². The van der Waals surface area contributed by atoms with E-state index in [9.17, 15) is 19.2 Å². The van der Waals surface area contributed by atoms with E-state index in [0.717, 1.165) is 130 Å². The Morgan fingerprint density at radius 3 is 2.27 bits per heavy atom. The zero-order chi connectivity index (χ0) is 43.3. The number of likely N-dealkylation sites (tertiary alicyclic amines) is 1. The highest BCUT2D eigenvalue weighted by molar-refractivity contribution is 6.01. The van der Waals surface area contributed by atoms with Gasteiger partial charge < -0.3 is 24.8 Å². The highest BCUT2D eigenvalue weighted by atomic mass is 16.5. The zero-order valence-electron chi connectivity index (χ0n) is 36.9. The number of carbonyl (C=O) groups is 3. The van der Waals surface area contributed by atoms with Gasteiger partial charge in [-0.1, -0.05) is 36.4 Å². The molecular weight excluding hydrogens is 779 g/mol. The summed E-state index contributed by atoms with van der Waals surface area (Å²) in [6, 6.07) is 24.3. The number of benzene rings is 3. The Morgan fingerprint density at radius 1 is 0.839 bits per heavy atom. The molecule has 0 bridgehead atoms. The third kappa shape index (κ3) is 9.83. The molecule has 12 heteroatoms. The predicted octanol–water partition coefficient (Wildman–Crippen LogP) is 6.21. The molecule has 4 aromatic rings. The number of piperazine rings is 1. The van der Waals surface area contributed by atoms with Gasteiger partial charge >= 0.3 is 0 Å². The Hall–Kier alpha value is -5.30. The number of piperidine rings is 2. The number of rotatable bonds is 12. The van der Waals surface area contributed by atoms with Crippen LogP contribution < -0.4 is 26.0 Å². The van der Waals surface area contributed by atoms with E-state index >= 15 is 0 Å². The van der Waals surface area contributed by atoms with Gasteiger partial charge in [0, 0.05) is 106 Å². The standard InChI is InChI=1S/C50H63N7O5/c1-5-57(42-17-25-62-26-18-42)46-30-39(29-44(35(46)4)48(59)51-31-45-33(2)27-34(3)52-50(45)61)37-9-11-40(12-10-37)55-21-23-56(24-22-55)41-15-19-54(20-16-41)32-36-7-6-8-38(28-36)43-13-14-47(58)53-49(43)60/h6-12,27-30,41-43H,5,13-26,31-32H2,1-4H3,(H,51,59)(H,52,61)(H,53,58,60). The first-order valence-corrected chi connectivity index (χ1v) is 22.8. The van der Waals surface area contributed by atoms with E-state index < -0.39 is 0 Å². The van der Waals surface area contributed by atoms with Gasteiger partial charge in [0.05, 0.1) is 5.92 Å². The molecule has 0 aliphatic carbocycles. The minimum Gasteiger partial charge on any atom is -0.381 e. The summed E-state index contributed by atoms with van der Waals surface area (Å²) in [5.74, 6) is -0.798. The zero-order valence-corrected chi connectivity index (χ0v) is 36.9. The summed E-state index contributed by atoms with van der Waals surface area (Å²) < 4.78 is 5.72. The molecule has 3 amide bonds. The molecular formula is C50H63N7O5. The largest absolute Gasteiger partial charge is 0.381 e. The van der Waals surface area contributed by atoms with E-state index in [-0.39, 0.29) is 35.7 Å². The van der Waals surface area contributed by atoms with Gasteiger partial charge in [0.15, 0.2) is 0 Å². The number of H-pyrrole nitrogens is 1. The first-order valence-electron chi connectivity index (χ1n) is 22.8. The van der Waals surface area contributed by atoms with Crippen molar-refractivity contribution in [1.82, 2.24) is 25.4 Å². The highest BCUT2D eigenvalue weighted by Gasteiger charge is 2.30. The fourth-order valence-electron chi connectivity index (χ4n) is 10.2. The lowest BCUT2D eigenvalue weighted by Crippen LogP contribution is -2.53. The van der Waals surface area contributed by atoms with E-state index in [1.807, 2.05) is 45.0 Å². The van der Waals surface area contributed by atoms with Gasteiger partial charge in [-0.05, 0) is 137 Å². The summed E-state index contributed by atoms with van der Waals surface area (Å²) in [4.78, 5) is 64.0. The van der Waals surface area contributed by atoms with Gasteiger partial charge in [-0.25, -0.2) is 0 Å². The predicted molar refractivity (Wildman–Crippen MR) is 245 cm³/mol. The first kappa shape index (κ1) is 43.4. The molecule has 1 aromatic heterocycles. The topological polar surface area (TPSA) is 130 Å². The van der Waals surface area contributed by atoms with Crippen LogP contribution in [0, 0.1) is 20.8 Å². The second-order valence-corrected chi connectivity index (χ2v) is 17.7. The maximum Gasteiger partial charge on any atom is 0.253 e. The fourth-order valence-corrected chi connectivity index (χ4v) is 10.2. The summed E-state index contributed by atoms with van der Waals surface area (Å²) in [6.07, 6.45) is 5.15. The SMILES string of the molecule is CCN(c1cc(-c2ccc(N3CCN(C4CCN(Cc5cccc(C6CCC(=O)NC6=O)c5)CC4)CC3)cc2)cc(C(=O)NCc2c(C)cc(C)[nH]c2=O)c1C)C1CCOCC1. The average molecular weight is 842 g/mol. The number of hydrogen-bond acceptors (Lipinski definition) is 9. The molecule has 62 heavy (non-hydrogen) atoms. The van der Waals surface area contributed by atoms with Crippen molar-refractivity contribution < 1.29 is 19.1 Å². The van der Waals surface area contributed by atoms with Crippen LogP contribution >= 0.6 is 0 Å². The van der Waals surface area contributed by atoms with Crippen LogP contribution in [0.25, 0.3) is 11.1 Å². The Kier molecular flexibility index (Phi) is 13.6. The maximum absolute atomic E-state index is 14.0. The molecule has 1 atom stereocenters. The normalized spacial score (nSPS) is 19.7. The lowest BCUT2D eigenvalue weighted by molar-refractivity contribution is -0.134. The maximum atomic E-state index is 14.0. The van der Waals surface area contributed by atoms with Gasteiger partial charge in [-0.15, -0.1) is 0 Å². The molecule has 4 aliphatic heterocycles. The Balaban J connectivity index is 0.900. The Labute approximate surface area is 366 Å². The van der Waals surface area contributed by atoms with Crippen molar-refractivity contribution in [2.24, 2.45) is 0 Å². The van der Waals surface area contributed by atoms with Crippen LogP contribution in [0.15, 0.2) is 71.5 Å². The van der Waals surface area contributed by atoms with Crippen molar-refractivity contribution in [1.29, 1.82) is 0 Å². The van der Waals surface area contributed by atoms with E-state index in [1.54, 1.807) is 0 Å². The number of pyridine rings is 1. The molecule has 12 nitrogen and oxygen atoms in total. The molecule has 4 fully saturated rings. The highest BCUT2D eigenvalue weighted by Crippen LogP contribution is 2.35. The fraction of sp³-hybridized carbons (Fsp3) is 0.480. The number of carbonyl (C=O) groups excluding carboxylic acids is 3. The Bertz CT molecular complexity index is 2300. The summed E-state index contributed by atoms with van der Waals surface area (Å²) >= 11 is 0. The molecule has 0 radical (unpaired) electrons. The average Bonchev–Trinajstić information content (AvgIpc) is 3.27. The summed E-state index contributed by atoms with van der Waals surface area (Å²) in [5, 5.41) is 5.57. The van der Waals surface area contributed by atoms with Gasteiger partial charge in [0.1, 0.15) is 0 Å². The minimum absolute atomic E-state index is 0.155. The van der Waals surface area contributed by atoms with Crippen LogP contribution in [-0.2, 0) is 27.4 Å². The molecule has 1 unspecified atom stereocenters. The lowest BCUT2D eigenvalue weighted by Gasteiger charge is -2.43. The molecule has 4 aliphatic rings. The van der Waals surface area contributed by atoms with E-state index in [4.69, 9.17) is 4.74 Å². The minimum atomic E-state index is -0.251. The van der Waals surface area contributed by atoms with Crippen LogP contribution in [0.3, 0.4) is 0 Å². The van der Waals surface area contributed by atoms with Crippen LogP contribution in [0.1, 0.15) is 95.2 Å². The lowest BCUT2D eigenvalue weighted by atomic mass is 9.89. The van der Waals surface area contributed by atoms with Crippen molar-refractivity contribution in [2.75, 3.05) is 68.8 Å². The van der Waals surface area contributed by atoms with E-state index in [0.29, 0.717) is 36.1 Å². The van der Waals surface area contributed by atoms with Crippen LogP contribution in [0.2, 0.25) is 0 Å². The molecule has 3 aromatic carbocycles. The summed E-state index contributed by atoms with van der Waals surface area (Å²) in [6.45, 7) is 17.4. The number of nitrogens with one attached hydrogen (secondary N) is 3. The van der Waals surface area contributed by atoms with Crippen LogP contribution in [0.4, 0.5) is 11.4 Å². The molecule has 4 saturated heterocycles. The molecule has 5 heterocycles. The second kappa shape index (κ2) is 19.4. The quantitative estimate of drug-likeness (QED) is 0.143. The molecule has 0 spiro atoms. The van der Waals surface area contributed by atoms with Crippen molar-refractivity contribution in [3.05, 3.63) is 116 Å². The van der Waals surface area contributed by atoms with Gasteiger partial charge in [-0.2, -0.15) is 0 Å². The Morgan fingerprint density at radius 2 is 1.58 bits per heavy atom. The monoisotopic (exact) mass is 841 g/mol. The van der Waals surface area contributed by atoms with Crippen molar-refractivity contribution in [2.45, 2.75) is 97.3 Å². The summed E-state index contributed by atoms with van der Waals surface area (Å²) in [5.41, 5.74) is 10.2. The number of imide groups is 1. The third-order valence-corrected chi connectivity index (χ3v) is 13.8. The summed E-state index contributed by atoms with van der Waals surface area (Å²) in [7, 11) is 0. The number of nitrogens with zero attached hydrogens (tertiary/aromatic N) is 4. The number of ether oxygens (including phenoxy) is 1. The first-order chi connectivity index (χ1) is 30.0. The van der Waals surface area contributed by atoms with Crippen LogP contribution in [-0.4, -0.2) is 104 Å². The number of anilines is 2. The van der Waals surface area contributed by atoms with Crippen molar-refractivity contribution >= 4 is 29.1 Å². The van der Waals surface area contributed by atoms with E-state index in [2.05, 4.69) is 84.6 Å². The number of hydrogen-bond donors (Lipinski definition) is 3. The molecule has 3 N–H and O–H groups in total. The van der Waals surface area contributed by atoms with Crippen molar-refractivity contribution in [3.63, 3.8) is 0 Å². The van der Waals surface area contributed by atoms with Gasteiger partial charge in [-0.3, -0.25) is 34.3 Å². The number of aromatic amines is 1. The number of amides is 3. The third-order valence-electron chi connectivity index (χ3n) is 13.8. The smallest absolute Gasteiger partial charge is 0.253 e. The second-order valence-electron chi connectivity index (χ2n) is 17.7. The van der Waals surface area contributed by atoms with Crippen LogP contribution in [0.5, 0.6) is 0 Å².